The third kappa shape index (κ3) is 8.46. The molecule has 35 heavy (non-hydrogen) atoms. The lowest BCUT2D eigenvalue weighted by atomic mass is 9.76. The molecule has 0 bridgehead atoms. The predicted octanol–water partition coefficient (Wildman–Crippen LogP) is 4.81. The van der Waals surface area contributed by atoms with Crippen molar-refractivity contribution < 1.29 is 24.3 Å². The molecule has 2 aliphatic rings. The number of hydrogen-bond donors (Lipinski definition) is 3. The van der Waals surface area contributed by atoms with Crippen LogP contribution in [0.5, 0.6) is 0 Å². The van der Waals surface area contributed by atoms with E-state index in [1.165, 1.54) is 5.06 Å². The second kappa shape index (κ2) is 11.2. The number of carbonyl (C=O) groups excluding carboxylic acids is 2. The van der Waals surface area contributed by atoms with E-state index in [0.29, 0.717) is 44.8 Å². The number of nitrogens with zero attached hydrogens (tertiary/aromatic N) is 1. The minimum Gasteiger partial charge on any atom is -0.444 e. The largest absolute Gasteiger partial charge is 0.444 e. The molecule has 1 atom stereocenters. The summed E-state index contributed by atoms with van der Waals surface area (Å²) in [5, 5.41) is 18.3. The molecule has 0 saturated carbocycles. The number of hydroxylamine groups is 2. The van der Waals surface area contributed by atoms with E-state index in [2.05, 4.69) is 24.5 Å². The van der Waals surface area contributed by atoms with E-state index in [1.807, 2.05) is 60.6 Å². The van der Waals surface area contributed by atoms with Crippen LogP contribution in [0.1, 0.15) is 94.4 Å². The van der Waals surface area contributed by atoms with E-state index in [0.717, 1.165) is 6.42 Å². The van der Waals surface area contributed by atoms with Crippen molar-refractivity contribution in [1.29, 1.82) is 0 Å². The Balaban J connectivity index is 2.21. The maximum Gasteiger partial charge on any atom is 0.408 e. The molecule has 2 heterocycles. The van der Waals surface area contributed by atoms with Gasteiger partial charge in [-0.3, -0.25) is 4.79 Å². The average molecular weight is 496 g/mol. The molecular weight excluding hydrogens is 446 g/mol. The zero-order valence-corrected chi connectivity index (χ0v) is 23.4. The van der Waals surface area contributed by atoms with E-state index < -0.39 is 28.2 Å². The summed E-state index contributed by atoms with van der Waals surface area (Å²) in [6.45, 7) is 18.7. The Labute approximate surface area is 212 Å². The van der Waals surface area contributed by atoms with Crippen molar-refractivity contribution in [3.8, 4) is 0 Å². The number of nitrogens with one attached hydrogen (secondary N) is 2. The molecule has 0 aromatic carbocycles. The summed E-state index contributed by atoms with van der Waals surface area (Å²) in [6, 6.07) is -0.289. The average Bonchev–Trinajstić information content (AvgIpc) is 2.68. The van der Waals surface area contributed by atoms with Gasteiger partial charge in [0.1, 0.15) is 5.60 Å². The summed E-state index contributed by atoms with van der Waals surface area (Å²) in [5.41, 5.74) is -2.17. The van der Waals surface area contributed by atoms with Gasteiger partial charge in [-0.05, 0) is 86.5 Å². The molecule has 2 saturated heterocycles. The molecule has 0 radical (unpaired) electrons. The molecule has 2 fully saturated rings. The van der Waals surface area contributed by atoms with Crippen molar-refractivity contribution in [1.82, 2.24) is 15.7 Å². The molecule has 2 amide bonds. The first kappa shape index (κ1) is 29.6. The maximum absolute atomic E-state index is 13.7. The summed E-state index contributed by atoms with van der Waals surface area (Å²) < 4.78 is 11.0. The second-order valence-electron chi connectivity index (χ2n) is 13.0. The lowest BCUT2D eigenvalue weighted by Crippen LogP contribution is -2.63. The number of alkyl carbamates (subject to hydrolysis) is 1. The lowest BCUT2D eigenvalue weighted by Gasteiger charge is -2.52. The van der Waals surface area contributed by atoms with E-state index in [9.17, 15) is 14.8 Å². The van der Waals surface area contributed by atoms with Gasteiger partial charge in [0, 0.05) is 30.3 Å². The van der Waals surface area contributed by atoms with Crippen LogP contribution in [0.2, 0.25) is 0 Å². The van der Waals surface area contributed by atoms with Gasteiger partial charge in [-0.2, -0.15) is 5.06 Å². The fourth-order valence-electron chi connectivity index (χ4n) is 5.36. The van der Waals surface area contributed by atoms with Crippen molar-refractivity contribution in [2.24, 2.45) is 11.3 Å². The van der Waals surface area contributed by atoms with Crippen LogP contribution in [0.25, 0.3) is 0 Å². The summed E-state index contributed by atoms with van der Waals surface area (Å²) >= 11 is 0. The minimum absolute atomic E-state index is 0.0133. The highest BCUT2D eigenvalue weighted by atomic mass is 16.6. The first-order valence-electron chi connectivity index (χ1n) is 13.0. The highest BCUT2D eigenvalue weighted by Gasteiger charge is 2.47. The van der Waals surface area contributed by atoms with Crippen molar-refractivity contribution in [3.63, 3.8) is 0 Å². The lowest BCUT2D eigenvalue weighted by molar-refractivity contribution is -0.246. The number of amides is 2. The standard InChI is InChI=1S/C27H49N3O5/c1-19(2)16-20(29-23(32)35-24(3,4)5)10-11-27(12-14-34-15-13-27)22(31)28-21-17-25(6,7)30(33)26(8,9)18-21/h10-11,19-21,33H,12-18H2,1-9H3,(H,28,31)(H,29,32)/b11-10+/t20-/m1/s1. The number of ether oxygens (including phenoxy) is 2. The number of hydrogen-bond acceptors (Lipinski definition) is 6. The quantitative estimate of drug-likeness (QED) is 0.439. The summed E-state index contributed by atoms with van der Waals surface area (Å²) in [4.78, 5) is 26.2. The van der Waals surface area contributed by atoms with Gasteiger partial charge < -0.3 is 25.3 Å². The van der Waals surface area contributed by atoms with Gasteiger partial charge in [0.15, 0.2) is 0 Å². The molecule has 0 spiro atoms. The third-order valence-electron chi connectivity index (χ3n) is 6.89. The topological polar surface area (TPSA) is 100 Å². The Bertz CT molecular complexity index is 745. The smallest absolute Gasteiger partial charge is 0.408 e. The molecule has 0 unspecified atom stereocenters. The molecule has 8 heteroatoms. The van der Waals surface area contributed by atoms with Crippen LogP contribution in [-0.2, 0) is 14.3 Å². The predicted molar refractivity (Wildman–Crippen MR) is 137 cm³/mol. The molecule has 0 aliphatic carbocycles. The second-order valence-corrected chi connectivity index (χ2v) is 13.0. The van der Waals surface area contributed by atoms with Crippen LogP contribution in [-0.4, -0.2) is 64.2 Å². The van der Waals surface area contributed by atoms with Gasteiger partial charge in [-0.1, -0.05) is 26.0 Å². The van der Waals surface area contributed by atoms with Gasteiger partial charge in [-0.25, -0.2) is 4.79 Å². The van der Waals surface area contributed by atoms with E-state index >= 15 is 0 Å². The summed E-state index contributed by atoms with van der Waals surface area (Å²) in [5.74, 6) is 0.341. The SMILES string of the molecule is CC(C)C[C@@H](/C=C/C1(C(=O)NC2CC(C)(C)N(O)C(C)(C)C2)CCOCC1)NC(=O)OC(C)(C)C. The minimum atomic E-state index is -0.701. The molecule has 2 aliphatic heterocycles. The number of rotatable bonds is 7. The van der Waals surface area contributed by atoms with Gasteiger partial charge in [0.2, 0.25) is 5.91 Å². The Morgan fingerprint density at radius 3 is 2.14 bits per heavy atom. The van der Waals surface area contributed by atoms with Gasteiger partial charge >= 0.3 is 6.09 Å². The maximum atomic E-state index is 13.7. The van der Waals surface area contributed by atoms with E-state index in [1.54, 1.807) is 0 Å². The van der Waals surface area contributed by atoms with Crippen LogP contribution >= 0.6 is 0 Å². The Morgan fingerprint density at radius 1 is 1.11 bits per heavy atom. The Morgan fingerprint density at radius 2 is 1.66 bits per heavy atom. The third-order valence-corrected chi connectivity index (χ3v) is 6.89. The van der Waals surface area contributed by atoms with Crippen LogP contribution in [0.3, 0.4) is 0 Å². The van der Waals surface area contributed by atoms with Gasteiger partial charge in [0.05, 0.1) is 11.5 Å². The van der Waals surface area contributed by atoms with E-state index in [4.69, 9.17) is 9.47 Å². The zero-order chi connectivity index (χ0) is 26.7. The molecule has 8 nitrogen and oxygen atoms in total. The normalized spacial score (nSPS) is 23.7. The summed E-state index contributed by atoms with van der Waals surface area (Å²) in [7, 11) is 0. The van der Waals surface area contributed by atoms with Crippen molar-refractivity contribution >= 4 is 12.0 Å². The Kier molecular flexibility index (Phi) is 9.45. The van der Waals surface area contributed by atoms with Crippen LogP contribution in [0.15, 0.2) is 12.2 Å². The first-order valence-corrected chi connectivity index (χ1v) is 13.0. The molecule has 0 aromatic rings. The highest BCUT2D eigenvalue weighted by Crippen LogP contribution is 2.38. The number of piperidine rings is 1. The highest BCUT2D eigenvalue weighted by molar-refractivity contribution is 5.85. The molecular formula is C27H49N3O5. The molecule has 3 N–H and O–H groups in total. The molecule has 0 aromatic heterocycles. The van der Waals surface area contributed by atoms with Gasteiger partial charge in [0.25, 0.3) is 0 Å². The van der Waals surface area contributed by atoms with Crippen molar-refractivity contribution in [2.45, 2.75) is 123 Å². The van der Waals surface area contributed by atoms with Crippen molar-refractivity contribution in [3.05, 3.63) is 12.2 Å². The van der Waals surface area contributed by atoms with Gasteiger partial charge in [-0.15, -0.1) is 0 Å². The van der Waals surface area contributed by atoms with Crippen LogP contribution in [0, 0.1) is 11.3 Å². The van der Waals surface area contributed by atoms with Crippen LogP contribution < -0.4 is 10.6 Å². The zero-order valence-electron chi connectivity index (χ0n) is 23.4. The fourth-order valence-corrected chi connectivity index (χ4v) is 5.36. The fraction of sp³-hybridized carbons (Fsp3) is 0.852. The van der Waals surface area contributed by atoms with E-state index in [-0.39, 0.29) is 18.0 Å². The molecule has 202 valence electrons. The summed E-state index contributed by atoms with van der Waals surface area (Å²) in [6.07, 6.45) is 6.70. The first-order chi connectivity index (χ1) is 16.0. The number of carbonyl (C=O) groups is 2. The Hall–Kier alpha value is -1.64. The van der Waals surface area contributed by atoms with Crippen molar-refractivity contribution in [2.75, 3.05) is 13.2 Å². The molecule has 2 rings (SSSR count). The van der Waals surface area contributed by atoms with Crippen LogP contribution in [0.4, 0.5) is 4.79 Å². The monoisotopic (exact) mass is 495 g/mol.